The molecule has 0 amide bonds. The highest BCUT2D eigenvalue weighted by atomic mass is 32.1. The number of carboxylic acid groups (broad SMARTS) is 1. The van der Waals surface area contributed by atoms with Crippen molar-refractivity contribution in [1.29, 1.82) is 0 Å². The minimum atomic E-state index is -4.36. The molecular formula is C21H20F3NO3S. The summed E-state index contributed by atoms with van der Waals surface area (Å²) in [5.41, 5.74) is 1.67. The molecule has 29 heavy (non-hydrogen) atoms. The fourth-order valence-electron chi connectivity index (χ4n) is 3.06. The van der Waals surface area contributed by atoms with E-state index in [-0.39, 0.29) is 6.42 Å². The lowest BCUT2D eigenvalue weighted by atomic mass is 10.1. The number of carboxylic acids is 1. The number of aliphatic carboxylic acids is 1. The van der Waals surface area contributed by atoms with Gasteiger partial charge in [0.15, 0.2) is 0 Å². The number of nitrogens with zero attached hydrogens (tertiary/aromatic N) is 1. The highest BCUT2D eigenvalue weighted by Gasteiger charge is 2.30. The predicted octanol–water partition coefficient (Wildman–Crippen LogP) is 5.84. The Kier molecular flexibility index (Phi) is 6.12. The van der Waals surface area contributed by atoms with Crippen LogP contribution in [0.4, 0.5) is 13.2 Å². The maximum Gasteiger partial charge on any atom is 0.416 e. The fraction of sp³-hybridized carbons (Fsp3) is 0.333. The van der Waals surface area contributed by atoms with Crippen LogP contribution in [-0.2, 0) is 30.2 Å². The van der Waals surface area contributed by atoms with Gasteiger partial charge in [0.05, 0.1) is 22.7 Å². The van der Waals surface area contributed by atoms with Gasteiger partial charge in [0, 0.05) is 10.4 Å². The average molecular weight is 423 g/mol. The molecule has 1 aromatic carbocycles. The lowest BCUT2D eigenvalue weighted by molar-refractivity contribution is -0.138. The molecule has 2 aromatic heterocycles. The molecule has 0 unspecified atom stereocenters. The van der Waals surface area contributed by atoms with Crippen LogP contribution < -0.4 is 0 Å². The van der Waals surface area contributed by atoms with E-state index in [0.29, 0.717) is 11.3 Å². The van der Waals surface area contributed by atoms with Crippen molar-refractivity contribution >= 4 is 17.3 Å². The summed E-state index contributed by atoms with van der Waals surface area (Å²) < 4.78 is 43.8. The van der Waals surface area contributed by atoms with Crippen LogP contribution >= 0.6 is 11.3 Å². The summed E-state index contributed by atoms with van der Waals surface area (Å²) in [5, 5.41) is 9.83. The quantitative estimate of drug-likeness (QED) is 0.518. The highest BCUT2D eigenvalue weighted by molar-refractivity contribution is 7.11. The van der Waals surface area contributed by atoms with E-state index in [2.05, 4.69) is 4.98 Å². The van der Waals surface area contributed by atoms with Gasteiger partial charge < -0.3 is 9.52 Å². The summed E-state index contributed by atoms with van der Waals surface area (Å²) >= 11 is 1.43. The van der Waals surface area contributed by atoms with Crippen LogP contribution in [0.25, 0.3) is 11.3 Å². The Morgan fingerprint density at radius 2 is 1.86 bits per heavy atom. The van der Waals surface area contributed by atoms with Crippen molar-refractivity contribution in [2.45, 2.75) is 45.7 Å². The van der Waals surface area contributed by atoms with Crippen LogP contribution in [0.1, 0.15) is 38.9 Å². The second kappa shape index (κ2) is 8.41. The number of halogens is 3. The van der Waals surface area contributed by atoms with E-state index >= 15 is 0 Å². The smallest absolute Gasteiger partial charge is 0.416 e. The normalized spacial score (nSPS) is 11.8. The zero-order valence-electron chi connectivity index (χ0n) is 16.0. The number of aryl methyl sites for hydroxylation is 4. The van der Waals surface area contributed by atoms with Crippen LogP contribution in [0.15, 0.2) is 34.7 Å². The standard InChI is InChI=1S/C21H20F3NO3S/c1-12-18(11-20(26)27)29-19(25-12)5-3-4-15-10-17(28-13(15)2)14-6-8-16(9-7-14)21(22,23)24/h6-10H,3-5,11H2,1-2H3,(H,26,27). The number of furan rings is 1. The van der Waals surface area contributed by atoms with Crippen molar-refractivity contribution in [3.05, 3.63) is 62.8 Å². The second-order valence-corrected chi connectivity index (χ2v) is 7.98. The van der Waals surface area contributed by atoms with E-state index in [0.717, 1.165) is 58.3 Å². The largest absolute Gasteiger partial charge is 0.481 e. The number of carbonyl (C=O) groups is 1. The molecule has 154 valence electrons. The second-order valence-electron chi connectivity index (χ2n) is 6.81. The summed E-state index contributed by atoms with van der Waals surface area (Å²) in [7, 11) is 0. The molecule has 0 atom stereocenters. The molecule has 0 aliphatic heterocycles. The Hall–Kier alpha value is -2.61. The fourth-order valence-corrected chi connectivity index (χ4v) is 4.16. The molecular weight excluding hydrogens is 403 g/mol. The Morgan fingerprint density at radius 3 is 2.48 bits per heavy atom. The SMILES string of the molecule is Cc1nc(CCCc2cc(-c3ccc(C(F)(F)F)cc3)oc2C)sc1CC(=O)O. The van der Waals surface area contributed by atoms with Gasteiger partial charge in [-0.3, -0.25) is 4.79 Å². The van der Waals surface area contributed by atoms with Crippen molar-refractivity contribution in [1.82, 2.24) is 4.98 Å². The molecule has 0 aliphatic rings. The number of benzene rings is 1. The number of hydrogen-bond donors (Lipinski definition) is 1. The molecule has 8 heteroatoms. The van der Waals surface area contributed by atoms with Crippen LogP contribution in [0.3, 0.4) is 0 Å². The summed E-state index contributed by atoms with van der Waals surface area (Å²) in [4.78, 5) is 16.1. The van der Waals surface area contributed by atoms with Gasteiger partial charge in [-0.1, -0.05) is 12.1 Å². The molecule has 4 nitrogen and oxygen atoms in total. The first kappa shape index (κ1) is 21.1. The van der Waals surface area contributed by atoms with Crippen LogP contribution in [0.2, 0.25) is 0 Å². The molecule has 0 saturated heterocycles. The van der Waals surface area contributed by atoms with E-state index in [4.69, 9.17) is 9.52 Å². The van der Waals surface area contributed by atoms with Crippen LogP contribution in [0, 0.1) is 13.8 Å². The molecule has 2 heterocycles. The van der Waals surface area contributed by atoms with Gasteiger partial charge in [0.2, 0.25) is 0 Å². The Morgan fingerprint density at radius 1 is 1.17 bits per heavy atom. The molecule has 0 fully saturated rings. The first-order valence-electron chi connectivity index (χ1n) is 9.07. The lowest BCUT2D eigenvalue weighted by Crippen LogP contribution is -2.03. The van der Waals surface area contributed by atoms with Crippen LogP contribution in [-0.4, -0.2) is 16.1 Å². The first-order chi connectivity index (χ1) is 13.6. The van der Waals surface area contributed by atoms with Gasteiger partial charge in [-0.2, -0.15) is 13.2 Å². The summed E-state index contributed by atoms with van der Waals surface area (Å²) in [6.45, 7) is 3.65. The van der Waals surface area contributed by atoms with E-state index < -0.39 is 17.7 Å². The molecule has 3 aromatic rings. The van der Waals surface area contributed by atoms with Crippen molar-refractivity contribution in [3.63, 3.8) is 0 Å². The predicted molar refractivity (Wildman–Crippen MR) is 104 cm³/mol. The summed E-state index contributed by atoms with van der Waals surface area (Å²) in [6.07, 6.45) is -2.09. The third-order valence-corrected chi connectivity index (χ3v) is 5.82. The van der Waals surface area contributed by atoms with Gasteiger partial charge in [0.25, 0.3) is 0 Å². The Bertz CT molecular complexity index is 1000. The molecule has 3 rings (SSSR count). The number of hydrogen-bond acceptors (Lipinski definition) is 4. The maximum atomic E-state index is 12.7. The van der Waals surface area contributed by atoms with Gasteiger partial charge in [-0.25, -0.2) is 4.98 Å². The van der Waals surface area contributed by atoms with Crippen molar-refractivity contribution in [2.24, 2.45) is 0 Å². The molecule has 1 N–H and O–H groups in total. The Balaban J connectivity index is 1.63. The van der Waals surface area contributed by atoms with Crippen molar-refractivity contribution < 1.29 is 27.5 Å². The number of rotatable bonds is 7. The number of alkyl halides is 3. The van der Waals surface area contributed by atoms with Gasteiger partial charge in [-0.05, 0) is 56.9 Å². The number of aromatic nitrogens is 1. The highest BCUT2D eigenvalue weighted by Crippen LogP contribution is 2.32. The van der Waals surface area contributed by atoms with Gasteiger partial charge in [0.1, 0.15) is 11.5 Å². The average Bonchev–Trinajstić information content (AvgIpc) is 3.17. The lowest BCUT2D eigenvalue weighted by Gasteiger charge is -2.06. The van der Waals surface area contributed by atoms with Crippen LogP contribution in [0.5, 0.6) is 0 Å². The minimum absolute atomic E-state index is 0.0131. The molecule has 0 spiro atoms. The number of thiazole rings is 1. The topological polar surface area (TPSA) is 63.3 Å². The monoisotopic (exact) mass is 423 g/mol. The van der Waals surface area contributed by atoms with E-state index in [1.165, 1.54) is 23.5 Å². The van der Waals surface area contributed by atoms with E-state index in [1.54, 1.807) is 0 Å². The summed E-state index contributed by atoms with van der Waals surface area (Å²) in [5.74, 6) is 0.412. The van der Waals surface area contributed by atoms with Crippen molar-refractivity contribution in [3.8, 4) is 11.3 Å². The third kappa shape index (κ3) is 5.26. The molecule has 0 bridgehead atoms. The molecule has 0 aliphatic carbocycles. The van der Waals surface area contributed by atoms with E-state index in [9.17, 15) is 18.0 Å². The zero-order valence-corrected chi connectivity index (χ0v) is 16.8. The zero-order chi connectivity index (χ0) is 21.2. The van der Waals surface area contributed by atoms with Gasteiger partial charge in [-0.15, -0.1) is 11.3 Å². The van der Waals surface area contributed by atoms with Gasteiger partial charge >= 0.3 is 12.1 Å². The first-order valence-corrected chi connectivity index (χ1v) is 9.89. The minimum Gasteiger partial charge on any atom is -0.481 e. The summed E-state index contributed by atoms with van der Waals surface area (Å²) in [6, 6.07) is 6.78. The Labute approximate surface area is 170 Å². The third-order valence-electron chi connectivity index (χ3n) is 4.60. The molecule has 0 radical (unpaired) electrons. The maximum absolute atomic E-state index is 12.7. The van der Waals surface area contributed by atoms with Crippen molar-refractivity contribution in [2.75, 3.05) is 0 Å². The van der Waals surface area contributed by atoms with E-state index in [1.807, 2.05) is 19.9 Å². The molecule has 0 saturated carbocycles.